The summed E-state index contributed by atoms with van der Waals surface area (Å²) < 4.78 is 16.7. The first-order chi connectivity index (χ1) is 31.0. The van der Waals surface area contributed by atoms with Gasteiger partial charge in [-0.05, 0) is 19.3 Å². The summed E-state index contributed by atoms with van der Waals surface area (Å²) in [6.45, 7) is 6.60. The Morgan fingerprint density at radius 1 is 0.254 bits per heavy atom. The van der Waals surface area contributed by atoms with Crippen LogP contribution in [0.15, 0.2) is 0 Å². The van der Waals surface area contributed by atoms with Gasteiger partial charge in [-0.2, -0.15) is 0 Å². The Kier molecular flexibility index (Phi) is 51.7. The maximum Gasteiger partial charge on any atom is 0.306 e. The average Bonchev–Trinajstić information content (AvgIpc) is 3.28. The van der Waals surface area contributed by atoms with Gasteiger partial charge in [0, 0.05) is 19.3 Å². The fraction of sp³-hybridized carbons (Fsp3) is 0.947. The summed E-state index contributed by atoms with van der Waals surface area (Å²) in [6, 6.07) is 0. The van der Waals surface area contributed by atoms with Gasteiger partial charge in [0.2, 0.25) is 0 Å². The lowest BCUT2D eigenvalue weighted by Gasteiger charge is -2.18. The maximum atomic E-state index is 12.7. The van der Waals surface area contributed by atoms with E-state index in [0.717, 1.165) is 64.2 Å². The van der Waals surface area contributed by atoms with Crippen molar-refractivity contribution in [2.24, 2.45) is 0 Å². The minimum absolute atomic E-state index is 0.0633. The molecule has 0 radical (unpaired) electrons. The van der Waals surface area contributed by atoms with Crippen molar-refractivity contribution in [2.75, 3.05) is 13.2 Å². The summed E-state index contributed by atoms with van der Waals surface area (Å²) in [6.07, 6.45) is 58.8. The Bertz CT molecular complexity index is 936. The highest BCUT2D eigenvalue weighted by molar-refractivity contribution is 5.71. The van der Waals surface area contributed by atoms with Crippen LogP contribution in [0, 0.1) is 0 Å². The van der Waals surface area contributed by atoms with Crippen molar-refractivity contribution in [3.63, 3.8) is 0 Å². The van der Waals surface area contributed by atoms with Crippen molar-refractivity contribution in [1.29, 1.82) is 0 Å². The first-order valence-electron chi connectivity index (χ1n) is 28.5. The molecule has 0 saturated carbocycles. The van der Waals surface area contributed by atoms with Gasteiger partial charge in [0.25, 0.3) is 0 Å². The molecule has 0 fully saturated rings. The van der Waals surface area contributed by atoms with Crippen molar-refractivity contribution in [1.82, 2.24) is 0 Å². The Hall–Kier alpha value is -1.59. The molecule has 1 unspecified atom stereocenters. The molecule has 374 valence electrons. The Morgan fingerprint density at radius 2 is 0.429 bits per heavy atom. The highest BCUT2D eigenvalue weighted by atomic mass is 16.6. The molecule has 63 heavy (non-hydrogen) atoms. The zero-order valence-electron chi connectivity index (χ0n) is 42.9. The largest absolute Gasteiger partial charge is 0.462 e. The smallest absolute Gasteiger partial charge is 0.306 e. The molecule has 0 saturated heterocycles. The topological polar surface area (TPSA) is 78.9 Å². The van der Waals surface area contributed by atoms with Crippen LogP contribution in [0.3, 0.4) is 0 Å². The third-order valence-corrected chi connectivity index (χ3v) is 13.1. The molecule has 0 heterocycles. The molecule has 0 rings (SSSR count). The van der Waals surface area contributed by atoms with E-state index >= 15 is 0 Å². The standard InChI is InChI=1S/C57H110O6/c1-4-7-10-13-15-17-19-20-21-22-23-24-25-26-27-28-29-30-31-32-33-34-35-36-38-39-41-44-47-50-56(59)62-53-54(52-61-55(58)49-46-43-12-9-6-3)63-57(60)51-48-45-42-40-37-18-16-14-11-8-5-2/h54H,4-53H2,1-3H3. The van der Waals surface area contributed by atoms with Crippen LogP contribution in [-0.2, 0) is 28.6 Å². The van der Waals surface area contributed by atoms with Gasteiger partial charge >= 0.3 is 17.9 Å². The lowest BCUT2D eigenvalue weighted by molar-refractivity contribution is -0.167. The molecular weight excluding hydrogens is 781 g/mol. The molecule has 6 heteroatoms. The molecule has 0 aliphatic rings. The number of unbranched alkanes of at least 4 members (excludes halogenated alkanes) is 42. The summed E-state index contributed by atoms with van der Waals surface area (Å²) >= 11 is 0. The molecule has 0 spiro atoms. The van der Waals surface area contributed by atoms with Crippen LogP contribution in [0.1, 0.15) is 329 Å². The summed E-state index contributed by atoms with van der Waals surface area (Å²) in [4.78, 5) is 37.6. The van der Waals surface area contributed by atoms with E-state index in [2.05, 4.69) is 20.8 Å². The van der Waals surface area contributed by atoms with Gasteiger partial charge in [-0.1, -0.05) is 290 Å². The lowest BCUT2D eigenvalue weighted by Crippen LogP contribution is -2.30. The molecule has 0 bridgehead atoms. The molecule has 0 N–H and O–H groups in total. The number of hydrogen-bond donors (Lipinski definition) is 0. The summed E-state index contributed by atoms with van der Waals surface area (Å²) in [5.41, 5.74) is 0. The van der Waals surface area contributed by atoms with Crippen LogP contribution >= 0.6 is 0 Å². The molecule has 0 aliphatic carbocycles. The molecule has 1 atom stereocenters. The van der Waals surface area contributed by atoms with E-state index in [4.69, 9.17) is 14.2 Å². The number of hydrogen-bond acceptors (Lipinski definition) is 6. The third-order valence-electron chi connectivity index (χ3n) is 13.1. The van der Waals surface area contributed by atoms with Gasteiger partial charge in [-0.25, -0.2) is 0 Å². The molecule has 6 nitrogen and oxygen atoms in total. The number of carbonyl (C=O) groups is 3. The minimum Gasteiger partial charge on any atom is -0.462 e. The van der Waals surface area contributed by atoms with Gasteiger partial charge in [0.15, 0.2) is 6.10 Å². The highest BCUT2D eigenvalue weighted by Crippen LogP contribution is 2.18. The van der Waals surface area contributed by atoms with Crippen molar-refractivity contribution in [3.05, 3.63) is 0 Å². The number of ether oxygens (including phenoxy) is 3. The minimum atomic E-state index is -0.758. The first kappa shape index (κ1) is 61.4. The molecule has 0 amide bonds. The second kappa shape index (κ2) is 53.0. The van der Waals surface area contributed by atoms with Crippen molar-refractivity contribution < 1.29 is 28.6 Å². The van der Waals surface area contributed by atoms with Crippen molar-refractivity contribution in [3.8, 4) is 0 Å². The molecule has 0 aliphatic heterocycles. The molecule has 0 aromatic heterocycles. The fourth-order valence-corrected chi connectivity index (χ4v) is 8.80. The van der Waals surface area contributed by atoms with E-state index in [-0.39, 0.29) is 31.1 Å². The van der Waals surface area contributed by atoms with E-state index in [1.165, 1.54) is 225 Å². The van der Waals surface area contributed by atoms with Gasteiger partial charge in [0.1, 0.15) is 13.2 Å². The predicted octanol–water partition coefficient (Wildman–Crippen LogP) is 18.8. The van der Waals surface area contributed by atoms with E-state index < -0.39 is 6.10 Å². The third kappa shape index (κ3) is 51.3. The Morgan fingerprint density at radius 3 is 0.635 bits per heavy atom. The molecular formula is C57H110O6. The van der Waals surface area contributed by atoms with E-state index in [0.29, 0.717) is 19.3 Å². The van der Waals surface area contributed by atoms with Crippen molar-refractivity contribution in [2.45, 2.75) is 335 Å². The Labute approximate surface area is 393 Å². The van der Waals surface area contributed by atoms with Crippen LogP contribution in [0.4, 0.5) is 0 Å². The second-order valence-electron chi connectivity index (χ2n) is 19.6. The van der Waals surface area contributed by atoms with Gasteiger partial charge in [0.05, 0.1) is 0 Å². The van der Waals surface area contributed by atoms with E-state index in [9.17, 15) is 14.4 Å². The first-order valence-corrected chi connectivity index (χ1v) is 28.5. The number of rotatable bonds is 53. The van der Waals surface area contributed by atoms with Crippen LogP contribution in [0.5, 0.6) is 0 Å². The predicted molar refractivity (Wildman–Crippen MR) is 270 cm³/mol. The normalized spacial score (nSPS) is 11.9. The average molecular weight is 892 g/mol. The zero-order valence-corrected chi connectivity index (χ0v) is 42.9. The fourth-order valence-electron chi connectivity index (χ4n) is 8.80. The second-order valence-corrected chi connectivity index (χ2v) is 19.6. The van der Waals surface area contributed by atoms with E-state index in [1.807, 2.05) is 0 Å². The highest BCUT2D eigenvalue weighted by Gasteiger charge is 2.19. The van der Waals surface area contributed by atoms with E-state index in [1.54, 1.807) is 0 Å². The lowest BCUT2D eigenvalue weighted by atomic mass is 10.0. The van der Waals surface area contributed by atoms with Gasteiger partial charge < -0.3 is 14.2 Å². The quantitative estimate of drug-likeness (QED) is 0.0344. The maximum absolute atomic E-state index is 12.7. The summed E-state index contributed by atoms with van der Waals surface area (Å²) in [5, 5.41) is 0. The Balaban J connectivity index is 3.85. The monoisotopic (exact) mass is 891 g/mol. The van der Waals surface area contributed by atoms with Crippen LogP contribution in [0.25, 0.3) is 0 Å². The van der Waals surface area contributed by atoms with Crippen LogP contribution in [-0.4, -0.2) is 37.2 Å². The van der Waals surface area contributed by atoms with Crippen molar-refractivity contribution >= 4 is 17.9 Å². The molecule has 0 aromatic carbocycles. The van der Waals surface area contributed by atoms with Crippen LogP contribution in [0.2, 0.25) is 0 Å². The van der Waals surface area contributed by atoms with Gasteiger partial charge in [-0.15, -0.1) is 0 Å². The summed E-state index contributed by atoms with van der Waals surface area (Å²) in [7, 11) is 0. The summed E-state index contributed by atoms with van der Waals surface area (Å²) in [5.74, 6) is -0.859. The number of carbonyl (C=O) groups excluding carboxylic acids is 3. The SMILES string of the molecule is CCCCCCCCCCCCCCCCCCCCCCCCCCCCCCCC(=O)OCC(COC(=O)CCCCCCC)OC(=O)CCCCCCCCCCCCC. The molecule has 0 aromatic rings. The zero-order chi connectivity index (χ0) is 45.8. The van der Waals surface area contributed by atoms with Crippen LogP contribution < -0.4 is 0 Å². The van der Waals surface area contributed by atoms with Gasteiger partial charge in [-0.3, -0.25) is 14.4 Å². The number of esters is 3.